The zero-order valence-electron chi connectivity index (χ0n) is 19.0. The van der Waals surface area contributed by atoms with Gasteiger partial charge in [0.15, 0.2) is 0 Å². The number of aryl methyl sites for hydroxylation is 2. The van der Waals surface area contributed by atoms with Crippen LogP contribution in [-0.4, -0.2) is 39.5 Å². The number of hydrogen-bond acceptors (Lipinski definition) is 3. The monoisotopic (exact) mass is 526 g/mol. The first kappa shape index (κ1) is 25.5. The molecule has 1 aromatic heterocycles. The lowest BCUT2D eigenvalue weighted by Gasteiger charge is -2.30. The van der Waals surface area contributed by atoms with E-state index in [9.17, 15) is 27.9 Å². The molecule has 0 amide bonds. The molecular formula is C25H23Cl2F3N2O3. The van der Waals surface area contributed by atoms with Crippen LogP contribution in [0.4, 0.5) is 13.2 Å². The number of alkyl halides is 3. The molecule has 35 heavy (non-hydrogen) atoms. The van der Waals surface area contributed by atoms with Crippen LogP contribution in [0.3, 0.4) is 0 Å². The third-order valence-electron chi connectivity index (χ3n) is 6.55. The molecule has 4 rings (SSSR count). The molecule has 0 aliphatic carbocycles. The van der Waals surface area contributed by atoms with Gasteiger partial charge in [0.25, 0.3) is 5.91 Å². The fourth-order valence-electron chi connectivity index (χ4n) is 4.66. The van der Waals surface area contributed by atoms with Crippen molar-refractivity contribution in [1.29, 1.82) is 0 Å². The van der Waals surface area contributed by atoms with Crippen molar-refractivity contribution in [1.82, 2.24) is 9.47 Å². The van der Waals surface area contributed by atoms with Crippen LogP contribution in [-0.2, 0) is 17.5 Å². The topological polar surface area (TPSA) is 62.5 Å². The summed E-state index contributed by atoms with van der Waals surface area (Å²) in [5.74, 6) is -1.70. The number of carboxylic acids is 1. The second kappa shape index (κ2) is 9.48. The molecule has 1 N–H and O–H groups in total. The number of nitrogens with zero attached hydrogens (tertiary/aromatic N) is 2. The van der Waals surface area contributed by atoms with Gasteiger partial charge in [0.1, 0.15) is 0 Å². The smallest absolute Gasteiger partial charge is 0.416 e. The lowest BCUT2D eigenvalue weighted by atomic mass is 9.96. The molecule has 2 heterocycles. The quantitative estimate of drug-likeness (QED) is 0.417. The van der Waals surface area contributed by atoms with E-state index in [2.05, 4.69) is 4.90 Å². The fraction of sp³-hybridized carbons (Fsp3) is 0.360. The van der Waals surface area contributed by atoms with Crippen LogP contribution in [0.1, 0.15) is 45.5 Å². The van der Waals surface area contributed by atoms with Crippen molar-refractivity contribution in [2.24, 2.45) is 5.92 Å². The molecule has 2 aromatic carbocycles. The first-order chi connectivity index (χ1) is 16.4. The van der Waals surface area contributed by atoms with E-state index in [-0.39, 0.29) is 21.5 Å². The van der Waals surface area contributed by atoms with Crippen LogP contribution in [0, 0.1) is 19.8 Å². The normalized spacial score (nSPS) is 15.6. The summed E-state index contributed by atoms with van der Waals surface area (Å²) in [6.45, 7) is 4.76. The number of likely N-dealkylation sites (tertiary alicyclic amines) is 1. The van der Waals surface area contributed by atoms with Crippen molar-refractivity contribution in [3.05, 3.63) is 68.3 Å². The molecule has 186 valence electrons. The summed E-state index contributed by atoms with van der Waals surface area (Å²) in [7, 11) is 0. The first-order valence-electron chi connectivity index (χ1n) is 11.0. The number of halogens is 5. The van der Waals surface area contributed by atoms with Gasteiger partial charge in [-0.15, -0.1) is 0 Å². The Morgan fingerprint density at radius 3 is 2.34 bits per heavy atom. The fourth-order valence-corrected chi connectivity index (χ4v) is 5.26. The zero-order chi connectivity index (χ0) is 25.7. The van der Waals surface area contributed by atoms with E-state index in [1.807, 2.05) is 0 Å². The van der Waals surface area contributed by atoms with E-state index in [0.29, 0.717) is 60.1 Å². The van der Waals surface area contributed by atoms with Gasteiger partial charge in [-0.1, -0.05) is 29.3 Å². The molecule has 5 nitrogen and oxygen atoms in total. The Balaban J connectivity index is 1.69. The SMILES string of the molecule is Cc1cn(C(=O)c2c(Cl)ccc(CN3CCC(C(=O)O)CC3)c2Cl)c2c(C)cc(C(F)(F)F)cc12. The van der Waals surface area contributed by atoms with Crippen molar-refractivity contribution in [3.8, 4) is 0 Å². The molecule has 1 aliphatic rings. The standard InChI is InChI=1S/C25H23Cl2F3N2O3/c1-13-9-17(25(28,29)30)10-18-14(2)11-32(22(13)18)23(33)20-19(26)4-3-16(21(20)27)12-31-7-5-15(6-8-31)24(34)35/h3-4,9-11,15H,5-8,12H2,1-2H3,(H,34,35). The number of carboxylic acid groups (broad SMARTS) is 1. The summed E-state index contributed by atoms with van der Waals surface area (Å²) in [6.07, 6.45) is -1.95. The number of aliphatic carboxylic acids is 1. The van der Waals surface area contributed by atoms with Crippen molar-refractivity contribution in [2.45, 2.75) is 39.4 Å². The van der Waals surface area contributed by atoms with Gasteiger partial charge in [0.2, 0.25) is 0 Å². The number of hydrogen-bond donors (Lipinski definition) is 1. The summed E-state index contributed by atoms with van der Waals surface area (Å²) in [6, 6.07) is 5.37. The van der Waals surface area contributed by atoms with Crippen LogP contribution in [0.2, 0.25) is 10.0 Å². The third-order valence-corrected chi connectivity index (χ3v) is 7.30. The molecule has 0 unspecified atom stereocenters. The summed E-state index contributed by atoms with van der Waals surface area (Å²) in [5.41, 5.74) is 1.16. The average Bonchev–Trinajstić information content (AvgIpc) is 3.12. The minimum absolute atomic E-state index is 0.0717. The van der Waals surface area contributed by atoms with E-state index in [1.54, 1.807) is 19.1 Å². The summed E-state index contributed by atoms with van der Waals surface area (Å²) in [4.78, 5) is 26.9. The van der Waals surface area contributed by atoms with Gasteiger partial charge in [-0.3, -0.25) is 19.1 Å². The third kappa shape index (κ3) is 4.92. The number of benzene rings is 2. The largest absolute Gasteiger partial charge is 0.481 e. The first-order valence-corrected chi connectivity index (χ1v) is 11.8. The van der Waals surface area contributed by atoms with Crippen LogP contribution >= 0.6 is 23.2 Å². The maximum atomic E-state index is 13.6. The lowest BCUT2D eigenvalue weighted by Crippen LogP contribution is -2.36. The van der Waals surface area contributed by atoms with Crippen molar-refractivity contribution in [2.75, 3.05) is 13.1 Å². The molecule has 10 heteroatoms. The molecule has 1 fully saturated rings. The van der Waals surface area contributed by atoms with Gasteiger partial charge in [0, 0.05) is 18.1 Å². The molecular weight excluding hydrogens is 504 g/mol. The van der Waals surface area contributed by atoms with Gasteiger partial charge < -0.3 is 5.11 Å². The van der Waals surface area contributed by atoms with Crippen LogP contribution < -0.4 is 0 Å². The minimum Gasteiger partial charge on any atom is -0.481 e. The maximum Gasteiger partial charge on any atom is 0.416 e. The van der Waals surface area contributed by atoms with Crippen molar-refractivity contribution < 1.29 is 27.9 Å². The van der Waals surface area contributed by atoms with Gasteiger partial charge in [-0.05, 0) is 74.7 Å². The predicted molar refractivity (Wildman–Crippen MR) is 128 cm³/mol. The van der Waals surface area contributed by atoms with E-state index in [1.165, 1.54) is 17.7 Å². The van der Waals surface area contributed by atoms with E-state index >= 15 is 0 Å². The zero-order valence-corrected chi connectivity index (χ0v) is 20.6. The number of fused-ring (bicyclic) bond motifs is 1. The number of carbonyl (C=O) groups excluding carboxylic acids is 1. The number of piperidine rings is 1. The molecule has 0 radical (unpaired) electrons. The highest BCUT2D eigenvalue weighted by atomic mass is 35.5. The summed E-state index contributed by atoms with van der Waals surface area (Å²) in [5, 5.41) is 9.83. The molecule has 0 atom stereocenters. The average molecular weight is 527 g/mol. The van der Waals surface area contributed by atoms with Crippen molar-refractivity contribution in [3.63, 3.8) is 0 Å². The highest BCUT2D eigenvalue weighted by molar-refractivity contribution is 6.40. The molecule has 1 saturated heterocycles. The Hall–Kier alpha value is -2.55. The van der Waals surface area contributed by atoms with Gasteiger partial charge in [0.05, 0.1) is 32.6 Å². The van der Waals surface area contributed by atoms with Crippen molar-refractivity contribution >= 4 is 46.0 Å². The Morgan fingerprint density at radius 2 is 1.74 bits per heavy atom. The molecule has 0 saturated carbocycles. The Labute approximate surface area is 210 Å². The van der Waals surface area contributed by atoms with Gasteiger partial charge >= 0.3 is 12.1 Å². The van der Waals surface area contributed by atoms with E-state index < -0.39 is 23.6 Å². The molecule has 0 spiro atoms. The summed E-state index contributed by atoms with van der Waals surface area (Å²) < 4.78 is 41.3. The van der Waals surface area contributed by atoms with Crippen LogP contribution in [0.25, 0.3) is 10.9 Å². The second-order valence-electron chi connectivity index (χ2n) is 8.96. The van der Waals surface area contributed by atoms with Crippen LogP contribution in [0.5, 0.6) is 0 Å². The van der Waals surface area contributed by atoms with Gasteiger partial charge in [-0.2, -0.15) is 13.2 Å². The Morgan fingerprint density at radius 1 is 1.09 bits per heavy atom. The highest BCUT2D eigenvalue weighted by Crippen LogP contribution is 2.37. The molecule has 1 aliphatic heterocycles. The predicted octanol–water partition coefficient (Wildman–Crippen LogP) is 6.57. The van der Waals surface area contributed by atoms with E-state index in [4.69, 9.17) is 23.2 Å². The highest BCUT2D eigenvalue weighted by Gasteiger charge is 2.32. The number of carbonyl (C=O) groups is 2. The Kier molecular flexibility index (Phi) is 6.92. The lowest BCUT2D eigenvalue weighted by molar-refractivity contribution is -0.143. The van der Waals surface area contributed by atoms with Gasteiger partial charge in [-0.25, -0.2) is 0 Å². The van der Waals surface area contributed by atoms with E-state index in [0.717, 1.165) is 12.1 Å². The maximum absolute atomic E-state index is 13.6. The van der Waals surface area contributed by atoms with Crippen LogP contribution in [0.15, 0.2) is 30.5 Å². The number of aromatic nitrogens is 1. The second-order valence-corrected chi connectivity index (χ2v) is 9.74. The molecule has 3 aromatic rings. The minimum atomic E-state index is -4.50. The number of rotatable bonds is 4. The summed E-state index contributed by atoms with van der Waals surface area (Å²) >= 11 is 13.0. The molecule has 0 bridgehead atoms. The Bertz CT molecular complexity index is 1330.